The Kier molecular flexibility index (Phi) is 3.63. The van der Waals surface area contributed by atoms with E-state index in [-0.39, 0.29) is 11.9 Å². The summed E-state index contributed by atoms with van der Waals surface area (Å²) in [5.41, 5.74) is 3.72. The zero-order chi connectivity index (χ0) is 14.3. The number of fused-ring (bicyclic) bond motifs is 1. The van der Waals surface area contributed by atoms with E-state index in [2.05, 4.69) is 10.6 Å². The summed E-state index contributed by atoms with van der Waals surface area (Å²) in [4.78, 5) is 11.4. The predicted molar refractivity (Wildman–Crippen MR) is 85.2 cm³/mol. The number of halogens is 2. The Balaban J connectivity index is 1.84. The zero-order valence-electron chi connectivity index (χ0n) is 10.7. The number of nitrogens with one attached hydrogen (secondary N) is 2. The van der Waals surface area contributed by atoms with Gasteiger partial charge in [-0.05, 0) is 41.6 Å². The number of hydrogen-bond acceptors (Lipinski definition) is 3. The number of benzene rings is 1. The lowest BCUT2D eigenvalue weighted by molar-refractivity contribution is -0.115. The molecule has 0 saturated heterocycles. The van der Waals surface area contributed by atoms with Crippen molar-refractivity contribution < 1.29 is 4.79 Å². The van der Waals surface area contributed by atoms with Gasteiger partial charge in [0.2, 0.25) is 5.91 Å². The second-order valence-corrected chi connectivity index (χ2v) is 6.71. The molecule has 0 fully saturated rings. The van der Waals surface area contributed by atoms with Crippen LogP contribution in [0.3, 0.4) is 0 Å². The highest BCUT2D eigenvalue weighted by Gasteiger charge is 2.20. The van der Waals surface area contributed by atoms with Crippen LogP contribution in [0.15, 0.2) is 23.6 Å². The highest BCUT2D eigenvalue weighted by atomic mass is 35.5. The minimum Gasteiger partial charge on any atom is -0.377 e. The summed E-state index contributed by atoms with van der Waals surface area (Å²) in [7, 11) is 0. The van der Waals surface area contributed by atoms with Crippen molar-refractivity contribution in [3.8, 4) is 0 Å². The van der Waals surface area contributed by atoms with Gasteiger partial charge < -0.3 is 10.6 Å². The van der Waals surface area contributed by atoms with E-state index in [0.29, 0.717) is 11.4 Å². The maximum atomic E-state index is 11.4. The highest BCUT2D eigenvalue weighted by molar-refractivity contribution is 7.14. The summed E-state index contributed by atoms with van der Waals surface area (Å²) in [6, 6.07) is 5.76. The molecule has 0 saturated carbocycles. The number of anilines is 2. The molecule has 0 radical (unpaired) electrons. The molecular weight excluding hydrogens is 315 g/mol. The van der Waals surface area contributed by atoms with E-state index in [1.54, 1.807) is 6.07 Å². The Morgan fingerprint density at radius 2 is 2.15 bits per heavy atom. The molecular formula is C14H12Cl2N2OS. The lowest BCUT2D eigenvalue weighted by Crippen LogP contribution is -2.06. The van der Waals surface area contributed by atoms with Crippen LogP contribution < -0.4 is 10.6 Å². The predicted octanol–water partition coefficient (Wildman–Crippen LogP) is 4.72. The molecule has 2 heterocycles. The summed E-state index contributed by atoms with van der Waals surface area (Å²) >= 11 is 13.7. The fraction of sp³-hybridized carbons (Fsp3) is 0.214. The smallest absolute Gasteiger partial charge is 0.228 e. The lowest BCUT2D eigenvalue weighted by Gasteiger charge is -2.16. The molecule has 1 atom stereocenters. The number of hydrogen-bond donors (Lipinski definition) is 2. The molecule has 104 valence electrons. The van der Waals surface area contributed by atoms with Gasteiger partial charge in [-0.1, -0.05) is 23.2 Å². The van der Waals surface area contributed by atoms with E-state index in [1.807, 2.05) is 24.4 Å². The summed E-state index contributed by atoms with van der Waals surface area (Å²) in [6.45, 7) is 2.05. The maximum absolute atomic E-state index is 11.4. The quantitative estimate of drug-likeness (QED) is 0.856. The molecule has 1 aliphatic rings. The van der Waals surface area contributed by atoms with Gasteiger partial charge in [0.25, 0.3) is 0 Å². The van der Waals surface area contributed by atoms with Crippen LogP contribution in [0.1, 0.15) is 24.1 Å². The van der Waals surface area contributed by atoms with Gasteiger partial charge in [0.15, 0.2) is 0 Å². The van der Waals surface area contributed by atoms with Crippen molar-refractivity contribution in [3.63, 3.8) is 0 Å². The van der Waals surface area contributed by atoms with Gasteiger partial charge in [-0.2, -0.15) is 0 Å². The van der Waals surface area contributed by atoms with Crippen molar-refractivity contribution in [3.05, 3.63) is 44.1 Å². The van der Waals surface area contributed by atoms with Crippen LogP contribution in [-0.2, 0) is 11.2 Å². The molecule has 1 amide bonds. The van der Waals surface area contributed by atoms with Crippen molar-refractivity contribution in [1.82, 2.24) is 0 Å². The first-order valence-corrected chi connectivity index (χ1v) is 7.79. The zero-order valence-corrected chi connectivity index (χ0v) is 13.0. The number of carbonyl (C=O) groups excluding carboxylic acids is 1. The molecule has 3 nitrogen and oxygen atoms in total. The summed E-state index contributed by atoms with van der Waals surface area (Å²) < 4.78 is 0.767. The van der Waals surface area contributed by atoms with Gasteiger partial charge in [0, 0.05) is 11.7 Å². The molecule has 0 bridgehead atoms. The molecule has 20 heavy (non-hydrogen) atoms. The number of thiophene rings is 1. The second-order valence-electron chi connectivity index (χ2n) is 4.76. The minimum atomic E-state index is 0.00545. The Bertz CT molecular complexity index is 684. The van der Waals surface area contributed by atoms with E-state index < -0.39 is 0 Å². The van der Waals surface area contributed by atoms with Crippen LogP contribution in [0.2, 0.25) is 9.36 Å². The molecule has 0 aliphatic carbocycles. The molecule has 1 aromatic carbocycles. The topological polar surface area (TPSA) is 41.1 Å². The largest absolute Gasteiger partial charge is 0.377 e. The molecule has 3 rings (SSSR count). The number of rotatable bonds is 3. The summed E-state index contributed by atoms with van der Waals surface area (Å²) in [5, 5.41) is 8.76. The van der Waals surface area contributed by atoms with Crippen LogP contribution >= 0.6 is 34.5 Å². The van der Waals surface area contributed by atoms with Gasteiger partial charge in [0.1, 0.15) is 0 Å². The van der Waals surface area contributed by atoms with Gasteiger partial charge in [-0.3, -0.25) is 4.79 Å². The van der Waals surface area contributed by atoms with Gasteiger partial charge in [0.05, 0.1) is 21.5 Å². The van der Waals surface area contributed by atoms with Crippen LogP contribution in [0.4, 0.5) is 11.4 Å². The first kappa shape index (κ1) is 13.7. The molecule has 1 aliphatic heterocycles. The first-order valence-electron chi connectivity index (χ1n) is 6.15. The lowest BCUT2D eigenvalue weighted by atomic mass is 10.1. The molecule has 6 heteroatoms. The minimum absolute atomic E-state index is 0.00545. The van der Waals surface area contributed by atoms with Crippen LogP contribution in [-0.4, -0.2) is 5.91 Å². The Labute approximate surface area is 130 Å². The highest BCUT2D eigenvalue weighted by Crippen LogP contribution is 2.35. The third kappa shape index (κ3) is 2.64. The average molecular weight is 327 g/mol. The fourth-order valence-corrected chi connectivity index (χ4v) is 3.43. The second kappa shape index (κ2) is 5.28. The van der Waals surface area contributed by atoms with E-state index >= 15 is 0 Å². The van der Waals surface area contributed by atoms with Crippen molar-refractivity contribution in [2.75, 3.05) is 10.6 Å². The van der Waals surface area contributed by atoms with Crippen LogP contribution in [0.25, 0.3) is 0 Å². The third-order valence-corrected chi connectivity index (χ3v) is 4.70. The molecule has 1 aromatic heterocycles. The normalized spacial score (nSPS) is 14.8. The fourth-order valence-electron chi connectivity index (χ4n) is 2.23. The Morgan fingerprint density at radius 1 is 1.35 bits per heavy atom. The summed E-state index contributed by atoms with van der Waals surface area (Å²) in [5.74, 6) is 0.00545. The van der Waals surface area contributed by atoms with Crippen molar-refractivity contribution in [1.29, 1.82) is 0 Å². The first-order chi connectivity index (χ1) is 9.52. The Morgan fingerprint density at radius 3 is 2.85 bits per heavy atom. The molecule has 2 N–H and O–H groups in total. The van der Waals surface area contributed by atoms with Gasteiger partial charge in [-0.15, -0.1) is 11.3 Å². The van der Waals surface area contributed by atoms with Gasteiger partial charge >= 0.3 is 0 Å². The Hall–Kier alpha value is -1.23. The maximum Gasteiger partial charge on any atom is 0.228 e. The summed E-state index contributed by atoms with van der Waals surface area (Å²) in [6.07, 6.45) is 0.403. The average Bonchev–Trinajstić information content (AvgIpc) is 2.95. The number of carbonyl (C=O) groups is 1. The van der Waals surface area contributed by atoms with Crippen LogP contribution in [0.5, 0.6) is 0 Å². The third-order valence-electron chi connectivity index (χ3n) is 3.28. The van der Waals surface area contributed by atoms with Crippen LogP contribution in [0, 0.1) is 0 Å². The molecule has 2 aromatic rings. The molecule has 1 unspecified atom stereocenters. The van der Waals surface area contributed by atoms with E-state index in [0.717, 1.165) is 26.8 Å². The van der Waals surface area contributed by atoms with E-state index in [1.165, 1.54) is 11.3 Å². The monoisotopic (exact) mass is 326 g/mol. The van der Waals surface area contributed by atoms with E-state index in [9.17, 15) is 4.79 Å². The van der Waals surface area contributed by atoms with Crippen molar-refractivity contribution in [2.24, 2.45) is 0 Å². The van der Waals surface area contributed by atoms with Gasteiger partial charge in [-0.25, -0.2) is 0 Å². The SMILES string of the molecule is CC(Nc1cc2c(cc1Cl)NC(=O)C2)c1csc(Cl)c1. The van der Waals surface area contributed by atoms with Crippen molar-refractivity contribution >= 4 is 51.8 Å². The number of amides is 1. The van der Waals surface area contributed by atoms with Crippen molar-refractivity contribution in [2.45, 2.75) is 19.4 Å². The molecule has 0 spiro atoms. The van der Waals surface area contributed by atoms with E-state index in [4.69, 9.17) is 23.2 Å². The standard InChI is InChI=1S/C14H12Cl2N2OS/c1-7(9-3-13(16)20-6-9)17-12-2-8-4-14(19)18-11(8)5-10(12)15/h2-3,5-7,17H,4H2,1H3,(H,18,19).